The van der Waals surface area contributed by atoms with E-state index < -0.39 is 0 Å². The SMILES string of the molecule is CC1CC2(CCCC2)CCN1. The molecule has 1 atom stereocenters. The summed E-state index contributed by atoms with van der Waals surface area (Å²) >= 11 is 0. The van der Waals surface area contributed by atoms with Gasteiger partial charge in [0.1, 0.15) is 0 Å². The molecule has 2 aliphatic rings. The Balaban J connectivity index is 2.00. The standard InChI is InChI=1S/C10H19N/c1-9-8-10(6-7-11-9)4-2-3-5-10/h9,11H,2-8H2,1H3. The molecule has 2 rings (SSSR count). The first kappa shape index (κ1) is 7.60. The van der Waals surface area contributed by atoms with E-state index in [0.717, 1.165) is 11.5 Å². The molecule has 0 radical (unpaired) electrons. The molecular weight excluding hydrogens is 134 g/mol. The van der Waals surface area contributed by atoms with Crippen molar-refractivity contribution >= 4 is 0 Å². The highest BCUT2D eigenvalue weighted by molar-refractivity contribution is 4.91. The first-order chi connectivity index (χ1) is 5.31. The van der Waals surface area contributed by atoms with Gasteiger partial charge in [-0.2, -0.15) is 0 Å². The highest BCUT2D eigenvalue weighted by Crippen LogP contribution is 2.45. The van der Waals surface area contributed by atoms with E-state index in [1.54, 1.807) is 0 Å². The van der Waals surface area contributed by atoms with Crippen molar-refractivity contribution in [2.24, 2.45) is 5.41 Å². The van der Waals surface area contributed by atoms with Gasteiger partial charge in [-0.05, 0) is 44.6 Å². The number of piperidine rings is 1. The Labute approximate surface area is 69.6 Å². The van der Waals surface area contributed by atoms with Crippen LogP contribution in [0.25, 0.3) is 0 Å². The predicted molar refractivity (Wildman–Crippen MR) is 47.6 cm³/mol. The first-order valence-electron chi connectivity index (χ1n) is 5.04. The van der Waals surface area contributed by atoms with E-state index in [9.17, 15) is 0 Å². The molecule has 0 aromatic carbocycles. The van der Waals surface area contributed by atoms with Gasteiger partial charge in [-0.25, -0.2) is 0 Å². The van der Waals surface area contributed by atoms with Crippen LogP contribution < -0.4 is 5.32 Å². The molecule has 64 valence electrons. The van der Waals surface area contributed by atoms with Crippen LogP contribution in [-0.2, 0) is 0 Å². The molecule has 1 aliphatic heterocycles. The monoisotopic (exact) mass is 153 g/mol. The van der Waals surface area contributed by atoms with Crippen molar-refractivity contribution in [3.8, 4) is 0 Å². The van der Waals surface area contributed by atoms with Gasteiger partial charge in [0.05, 0.1) is 0 Å². The van der Waals surface area contributed by atoms with Crippen molar-refractivity contribution in [3.05, 3.63) is 0 Å². The van der Waals surface area contributed by atoms with Gasteiger partial charge in [0.15, 0.2) is 0 Å². The van der Waals surface area contributed by atoms with Crippen molar-refractivity contribution in [2.75, 3.05) is 6.54 Å². The lowest BCUT2D eigenvalue weighted by Crippen LogP contribution is -2.41. The van der Waals surface area contributed by atoms with Gasteiger partial charge in [-0.15, -0.1) is 0 Å². The molecule has 1 spiro atoms. The lowest BCUT2D eigenvalue weighted by Gasteiger charge is -2.37. The molecule has 1 N–H and O–H groups in total. The lowest BCUT2D eigenvalue weighted by molar-refractivity contribution is 0.177. The molecular formula is C10H19N. The molecule has 1 heterocycles. The highest BCUT2D eigenvalue weighted by Gasteiger charge is 2.36. The number of rotatable bonds is 0. The van der Waals surface area contributed by atoms with E-state index in [2.05, 4.69) is 12.2 Å². The summed E-state index contributed by atoms with van der Waals surface area (Å²) in [4.78, 5) is 0. The van der Waals surface area contributed by atoms with Crippen LogP contribution in [-0.4, -0.2) is 12.6 Å². The molecule has 1 saturated carbocycles. The summed E-state index contributed by atoms with van der Waals surface area (Å²) < 4.78 is 0. The average Bonchev–Trinajstić information content (AvgIpc) is 2.37. The lowest BCUT2D eigenvalue weighted by atomic mass is 9.75. The van der Waals surface area contributed by atoms with Gasteiger partial charge in [0.2, 0.25) is 0 Å². The molecule has 1 aliphatic carbocycles. The molecule has 1 heteroatoms. The summed E-state index contributed by atoms with van der Waals surface area (Å²) in [5.74, 6) is 0. The largest absolute Gasteiger partial charge is 0.314 e. The Morgan fingerprint density at radius 1 is 1.18 bits per heavy atom. The van der Waals surface area contributed by atoms with Crippen molar-refractivity contribution in [3.63, 3.8) is 0 Å². The Hall–Kier alpha value is -0.0400. The Morgan fingerprint density at radius 3 is 2.55 bits per heavy atom. The second-order valence-corrected chi connectivity index (χ2v) is 4.52. The Bertz CT molecular complexity index is 136. The predicted octanol–water partition coefficient (Wildman–Crippen LogP) is 2.32. The minimum absolute atomic E-state index is 0.779. The second kappa shape index (κ2) is 2.78. The van der Waals surface area contributed by atoms with Crippen LogP contribution in [0.2, 0.25) is 0 Å². The summed E-state index contributed by atoms with van der Waals surface area (Å²) in [5, 5.41) is 3.53. The molecule has 1 unspecified atom stereocenters. The number of nitrogens with one attached hydrogen (secondary N) is 1. The van der Waals surface area contributed by atoms with Crippen molar-refractivity contribution in [2.45, 2.75) is 51.5 Å². The zero-order valence-electron chi connectivity index (χ0n) is 7.53. The van der Waals surface area contributed by atoms with Crippen LogP contribution in [0, 0.1) is 5.41 Å². The zero-order chi connectivity index (χ0) is 7.73. The third-order valence-corrected chi connectivity index (χ3v) is 3.55. The molecule has 0 bridgehead atoms. The summed E-state index contributed by atoms with van der Waals surface area (Å²) in [6, 6.07) is 0.779. The maximum absolute atomic E-state index is 3.53. The Kier molecular flexibility index (Phi) is 1.92. The maximum Gasteiger partial charge on any atom is 0.00440 e. The highest BCUT2D eigenvalue weighted by atomic mass is 14.9. The van der Waals surface area contributed by atoms with E-state index in [-0.39, 0.29) is 0 Å². The molecule has 0 amide bonds. The van der Waals surface area contributed by atoms with E-state index in [4.69, 9.17) is 0 Å². The fourth-order valence-electron chi connectivity index (χ4n) is 2.99. The topological polar surface area (TPSA) is 12.0 Å². The van der Waals surface area contributed by atoms with Gasteiger partial charge < -0.3 is 5.32 Å². The van der Waals surface area contributed by atoms with Gasteiger partial charge in [0, 0.05) is 6.04 Å². The van der Waals surface area contributed by atoms with Gasteiger partial charge in [0.25, 0.3) is 0 Å². The molecule has 1 saturated heterocycles. The molecule has 0 aromatic rings. The van der Waals surface area contributed by atoms with Crippen LogP contribution in [0.4, 0.5) is 0 Å². The zero-order valence-corrected chi connectivity index (χ0v) is 7.53. The Morgan fingerprint density at radius 2 is 1.91 bits per heavy atom. The van der Waals surface area contributed by atoms with Gasteiger partial charge in [-0.3, -0.25) is 0 Å². The van der Waals surface area contributed by atoms with E-state index in [1.807, 2.05) is 0 Å². The van der Waals surface area contributed by atoms with Crippen molar-refractivity contribution in [1.29, 1.82) is 0 Å². The van der Waals surface area contributed by atoms with Crippen LogP contribution >= 0.6 is 0 Å². The second-order valence-electron chi connectivity index (χ2n) is 4.52. The van der Waals surface area contributed by atoms with E-state index >= 15 is 0 Å². The minimum Gasteiger partial charge on any atom is -0.314 e. The van der Waals surface area contributed by atoms with E-state index in [1.165, 1.54) is 45.1 Å². The van der Waals surface area contributed by atoms with Crippen molar-refractivity contribution < 1.29 is 0 Å². The van der Waals surface area contributed by atoms with Crippen LogP contribution in [0.3, 0.4) is 0 Å². The smallest absolute Gasteiger partial charge is 0.00440 e. The molecule has 2 fully saturated rings. The molecule has 0 aromatic heterocycles. The maximum atomic E-state index is 3.53. The van der Waals surface area contributed by atoms with Crippen molar-refractivity contribution in [1.82, 2.24) is 5.32 Å². The number of hydrogen-bond acceptors (Lipinski definition) is 1. The summed E-state index contributed by atoms with van der Waals surface area (Å²) in [6.45, 7) is 3.60. The normalized spacial score (nSPS) is 36.3. The third kappa shape index (κ3) is 1.44. The fourth-order valence-corrected chi connectivity index (χ4v) is 2.99. The minimum atomic E-state index is 0.779. The summed E-state index contributed by atoms with van der Waals surface area (Å²) in [6.07, 6.45) is 8.89. The van der Waals surface area contributed by atoms with Crippen LogP contribution in [0.5, 0.6) is 0 Å². The third-order valence-electron chi connectivity index (χ3n) is 3.55. The van der Waals surface area contributed by atoms with E-state index in [0.29, 0.717) is 0 Å². The quantitative estimate of drug-likeness (QED) is 0.563. The molecule has 11 heavy (non-hydrogen) atoms. The van der Waals surface area contributed by atoms with Gasteiger partial charge in [-0.1, -0.05) is 12.8 Å². The van der Waals surface area contributed by atoms with Crippen LogP contribution in [0.15, 0.2) is 0 Å². The first-order valence-corrected chi connectivity index (χ1v) is 5.04. The average molecular weight is 153 g/mol. The molecule has 1 nitrogen and oxygen atoms in total. The van der Waals surface area contributed by atoms with Crippen LogP contribution in [0.1, 0.15) is 45.4 Å². The number of hydrogen-bond donors (Lipinski definition) is 1. The van der Waals surface area contributed by atoms with Gasteiger partial charge >= 0.3 is 0 Å². The fraction of sp³-hybridized carbons (Fsp3) is 1.00. The summed E-state index contributed by atoms with van der Waals surface area (Å²) in [7, 11) is 0. The summed E-state index contributed by atoms with van der Waals surface area (Å²) in [5.41, 5.74) is 0.782.